The summed E-state index contributed by atoms with van der Waals surface area (Å²) in [7, 11) is 5.76. The van der Waals surface area contributed by atoms with Crippen molar-refractivity contribution in [2.45, 2.75) is 0 Å². The summed E-state index contributed by atoms with van der Waals surface area (Å²) < 4.78 is 4.54. The molecule has 0 aromatic carbocycles. The molecule has 0 amide bonds. The molecule has 1 rings (SSSR count). The molecule has 1 aromatic heterocycles. The van der Waals surface area contributed by atoms with Crippen molar-refractivity contribution in [3.05, 3.63) is 6.33 Å². The molecule has 0 saturated heterocycles. The molecule has 10 heavy (non-hydrogen) atoms. The Morgan fingerprint density at radius 3 is 2.90 bits per heavy atom. The second kappa shape index (κ2) is 3.27. The number of nitrogens with one attached hydrogen (secondary N) is 1. The van der Waals surface area contributed by atoms with Crippen molar-refractivity contribution in [3.8, 4) is 6.01 Å². The lowest BCUT2D eigenvalue weighted by Gasteiger charge is -1.98. The smallest absolute Gasteiger partial charge is 0.345 e. The summed E-state index contributed by atoms with van der Waals surface area (Å²) in [6.07, 6.45) is 1.32. The Morgan fingerprint density at radius 1 is 1.50 bits per heavy atom. The van der Waals surface area contributed by atoms with Gasteiger partial charge in [0.05, 0.1) is 0 Å². The van der Waals surface area contributed by atoms with Gasteiger partial charge in [-0.2, -0.15) is 9.97 Å². The summed E-state index contributed by atoms with van der Waals surface area (Å²) >= 11 is 0. The average molecular weight is 166 g/mol. The van der Waals surface area contributed by atoms with Gasteiger partial charge in [-0.1, -0.05) is 0 Å². The summed E-state index contributed by atoms with van der Waals surface area (Å²) in [4.78, 5) is 13.7. The third kappa shape index (κ3) is 1.51. The van der Waals surface area contributed by atoms with Crippen LogP contribution in [0.1, 0.15) is 0 Å². The highest BCUT2D eigenvalue weighted by atomic mass is 28.2. The second-order valence-corrected chi connectivity index (χ2v) is 1.77. The van der Waals surface area contributed by atoms with E-state index in [1.165, 1.54) is 6.33 Å². The van der Waals surface area contributed by atoms with Crippen molar-refractivity contribution >= 4 is 26.8 Å². The molecule has 48 valence electrons. The molecule has 0 spiro atoms. The monoisotopic (exact) mass is 166 g/mol. The lowest BCUT2D eigenvalue weighted by molar-refractivity contribution is 0.555. The lowest BCUT2D eigenvalue weighted by Crippen LogP contribution is -2.01. The van der Waals surface area contributed by atoms with Gasteiger partial charge in [0.1, 0.15) is 6.33 Å². The van der Waals surface area contributed by atoms with Crippen LogP contribution in [-0.2, 0) is 0 Å². The number of rotatable bonds is 2. The van der Waals surface area contributed by atoms with Crippen molar-refractivity contribution in [2.75, 3.05) is 4.98 Å². The van der Waals surface area contributed by atoms with Crippen molar-refractivity contribution in [1.29, 1.82) is 0 Å². The van der Waals surface area contributed by atoms with Gasteiger partial charge in [0.25, 0.3) is 0 Å². The molecular weight excluding hydrogens is 164 g/mol. The van der Waals surface area contributed by atoms with Gasteiger partial charge in [0, 0.05) is 0 Å². The molecule has 0 aliphatic carbocycles. The molecular formula is C3H2N4OSi2. The fraction of sp³-hybridized carbons (Fsp3) is 0. The van der Waals surface area contributed by atoms with E-state index in [9.17, 15) is 0 Å². The van der Waals surface area contributed by atoms with Gasteiger partial charge < -0.3 is 9.41 Å². The highest BCUT2D eigenvalue weighted by molar-refractivity contribution is 6.15. The van der Waals surface area contributed by atoms with E-state index in [0.717, 1.165) is 0 Å². The number of hydrogen-bond donors (Lipinski definition) is 1. The molecule has 7 heteroatoms. The minimum atomic E-state index is 0.201. The largest absolute Gasteiger partial charge is 0.514 e. The van der Waals surface area contributed by atoms with Gasteiger partial charge in [0.15, 0.2) is 10.4 Å². The van der Waals surface area contributed by atoms with Crippen LogP contribution in [-0.4, -0.2) is 35.8 Å². The van der Waals surface area contributed by atoms with Crippen molar-refractivity contribution < 1.29 is 4.43 Å². The lowest BCUT2D eigenvalue weighted by atomic mass is 10.9. The van der Waals surface area contributed by atoms with Crippen LogP contribution in [0.15, 0.2) is 6.33 Å². The van der Waals surface area contributed by atoms with E-state index in [2.05, 4.69) is 45.3 Å². The van der Waals surface area contributed by atoms with Gasteiger partial charge in [-0.15, -0.1) is 0 Å². The first-order valence-electron chi connectivity index (χ1n) is 2.32. The van der Waals surface area contributed by atoms with Gasteiger partial charge in [-0.3, -0.25) is 0 Å². The van der Waals surface area contributed by atoms with Gasteiger partial charge in [0.2, 0.25) is 5.95 Å². The van der Waals surface area contributed by atoms with Gasteiger partial charge >= 0.3 is 16.5 Å². The molecule has 0 unspecified atom stereocenters. The van der Waals surface area contributed by atoms with Crippen molar-refractivity contribution in [1.82, 2.24) is 15.0 Å². The number of anilines is 1. The number of nitrogens with zero attached hydrogens (tertiary/aromatic N) is 3. The molecule has 1 heterocycles. The zero-order valence-electron chi connectivity index (χ0n) is 4.83. The maximum absolute atomic E-state index is 4.54. The predicted octanol–water partition coefficient (Wildman–Crippen LogP) is -1.17. The zero-order valence-corrected chi connectivity index (χ0v) is 6.83. The Morgan fingerprint density at radius 2 is 2.30 bits per heavy atom. The third-order valence-corrected chi connectivity index (χ3v) is 1.16. The van der Waals surface area contributed by atoms with E-state index in [4.69, 9.17) is 0 Å². The third-order valence-electron chi connectivity index (χ3n) is 0.753. The van der Waals surface area contributed by atoms with E-state index in [-0.39, 0.29) is 6.01 Å². The van der Waals surface area contributed by atoms with Crippen molar-refractivity contribution in [3.63, 3.8) is 0 Å². The number of aromatic nitrogens is 3. The highest BCUT2D eigenvalue weighted by Crippen LogP contribution is 2.00. The Labute approximate surface area is 64.3 Å². The fourth-order valence-electron chi connectivity index (χ4n) is 0.391. The van der Waals surface area contributed by atoms with E-state index in [0.29, 0.717) is 5.95 Å². The summed E-state index contributed by atoms with van der Waals surface area (Å²) in [5.41, 5.74) is 0. The minimum absolute atomic E-state index is 0.201. The van der Waals surface area contributed by atoms with Crippen LogP contribution >= 0.6 is 0 Å². The molecule has 0 atom stereocenters. The highest BCUT2D eigenvalue weighted by Gasteiger charge is 1.94. The summed E-state index contributed by atoms with van der Waals surface area (Å²) in [6.45, 7) is 0. The van der Waals surface area contributed by atoms with Crippen LogP contribution in [0.25, 0.3) is 0 Å². The normalized spacial score (nSPS) is 9.00. The van der Waals surface area contributed by atoms with Crippen LogP contribution in [0, 0.1) is 0 Å². The molecule has 0 aliphatic rings. The van der Waals surface area contributed by atoms with Crippen LogP contribution in [0.3, 0.4) is 0 Å². The van der Waals surface area contributed by atoms with E-state index >= 15 is 0 Å². The van der Waals surface area contributed by atoms with E-state index in [1.807, 2.05) is 0 Å². The van der Waals surface area contributed by atoms with E-state index in [1.54, 1.807) is 0 Å². The first kappa shape index (κ1) is 7.15. The molecule has 5 nitrogen and oxygen atoms in total. The molecule has 0 aliphatic heterocycles. The maximum Gasteiger partial charge on any atom is 0.345 e. The maximum atomic E-state index is 4.54. The first-order chi connectivity index (χ1) is 4.86. The van der Waals surface area contributed by atoms with Crippen molar-refractivity contribution in [2.24, 2.45) is 0 Å². The molecule has 0 fully saturated rings. The minimum Gasteiger partial charge on any atom is -0.514 e. The molecule has 1 aromatic rings. The van der Waals surface area contributed by atoms with Crippen LogP contribution in [0.5, 0.6) is 6.01 Å². The zero-order chi connectivity index (χ0) is 7.40. The predicted molar refractivity (Wildman–Crippen MR) is 35.6 cm³/mol. The molecule has 0 bridgehead atoms. The Balaban J connectivity index is 2.87. The van der Waals surface area contributed by atoms with E-state index < -0.39 is 0 Å². The molecule has 0 saturated carbocycles. The van der Waals surface area contributed by atoms with Gasteiger partial charge in [-0.05, 0) is 0 Å². The van der Waals surface area contributed by atoms with Crippen LogP contribution in [0.2, 0.25) is 0 Å². The van der Waals surface area contributed by atoms with Crippen LogP contribution in [0.4, 0.5) is 5.95 Å². The topological polar surface area (TPSA) is 59.9 Å². The SMILES string of the molecule is [Si]Nc1ncnc(O[Si])n1. The quantitative estimate of drug-likeness (QED) is 0.561. The summed E-state index contributed by atoms with van der Waals surface area (Å²) in [5, 5.41) is 0. The summed E-state index contributed by atoms with van der Waals surface area (Å²) in [5.74, 6) is 0.389. The average Bonchev–Trinajstić information content (AvgIpc) is 2.05. The Kier molecular flexibility index (Phi) is 2.34. The standard InChI is InChI=1S/C3H2N4OSi2/c9-7-2-4-1-5-3(6-2)8-10/h1H,(H,4,5,6,7). The Hall–Kier alpha value is -0.956. The second-order valence-electron chi connectivity index (χ2n) is 1.32. The fourth-order valence-corrected chi connectivity index (χ4v) is 0.609. The number of hydrogen-bond acceptors (Lipinski definition) is 5. The summed E-state index contributed by atoms with van der Waals surface area (Å²) in [6, 6.07) is 0.201. The molecule has 1 N–H and O–H groups in total. The first-order valence-corrected chi connectivity index (χ1v) is 3.23. The molecule has 6 radical (unpaired) electrons. The Bertz CT molecular complexity index is 200. The van der Waals surface area contributed by atoms with Crippen LogP contribution < -0.4 is 9.41 Å². The van der Waals surface area contributed by atoms with Gasteiger partial charge in [-0.25, -0.2) is 4.98 Å².